The summed E-state index contributed by atoms with van der Waals surface area (Å²) < 4.78 is 0. The smallest absolute Gasteiger partial charge is 0.353 e. The number of thiazole rings is 1. The van der Waals surface area contributed by atoms with Crippen molar-refractivity contribution in [2.45, 2.75) is 23.4 Å². The fraction of sp³-hybridized carbons (Fsp3) is 0.161. The predicted molar refractivity (Wildman–Crippen MR) is 164 cm³/mol. The molecule has 1 aromatic heterocycles. The fourth-order valence-electron chi connectivity index (χ4n) is 5.36. The maximum absolute atomic E-state index is 13.0. The molecule has 2 amide bonds. The first-order valence-corrected chi connectivity index (χ1v) is 15.4. The highest BCUT2D eigenvalue weighted by molar-refractivity contribution is 8.00. The molecule has 3 aromatic carbocycles. The molecule has 0 saturated carbocycles. The summed E-state index contributed by atoms with van der Waals surface area (Å²) in [6, 6.07) is 29.6. The Balaban J connectivity index is 1.23. The number of nitrogens with one attached hydrogen (secondary N) is 2. The summed E-state index contributed by atoms with van der Waals surface area (Å²) in [6.45, 7) is 0. The molecule has 0 spiro atoms. The first-order valence-electron chi connectivity index (χ1n) is 13.1. The molecule has 11 heteroatoms. The monoisotopic (exact) mass is 616 g/mol. The summed E-state index contributed by atoms with van der Waals surface area (Å²) in [5, 5.41) is 18.0. The fourth-order valence-corrected chi connectivity index (χ4v) is 7.67. The van der Waals surface area contributed by atoms with Crippen LogP contribution in [0.4, 0.5) is 5.13 Å². The Morgan fingerprint density at radius 3 is 2.02 bits per heavy atom. The average molecular weight is 617 g/mol. The Bertz CT molecular complexity index is 1570. The van der Waals surface area contributed by atoms with E-state index in [0.29, 0.717) is 10.8 Å². The Hall–Kier alpha value is -4.12. The third-order valence-corrected chi connectivity index (χ3v) is 9.81. The van der Waals surface area contributed by atoms with Crippen molar-refractivity contribution in [1.29, 1.82) is 0 Å². The van der Waals surface area contributed by atoms with E-state index in [0.717, 1.165) is 21.6 Å². The van der Waals surface area contributed by atoms with Gasteiger partial charge in [-0.05, 0) is 16.7 Å². The molecule has 1 fully saturated rings. The number of amides is 2. The molecule has 2 aliphatic heterocycles. The Morgan fingerprint density at radius 1 is 0.952 bits per heavy atom. The third-order valence-electron chi connectivity index (χ3n) is 7.25. The van der Waals surface area contributed by atoms with Crippen molar-refractivity contribution < 1.29 is 19.5 Å². The van der Waals surface area contributed by atoms with E-state index in [1.54, 1.807) is 0 Å². The van der Waals surface area contributed by atoms with E-state index in [2.05, 4.69) is 47.0 Å². The number of thioether (sulfide) groups is 1. The van der Waals surface area contributed by atoms with Crippen LogP contribution in [0.5, 0.6) is 0 Å². The SMILES string of the molecule is O=C(Cc1csc(NC(c2ccccc2)(c2ccccc2)c2ccccc2)n1)N[C@@H]1C(=O)N2C(C(=O)O)=C(Cl)CS[C@H]12. The van der Waals surface area contributed by atoms with Crippen LogP contribution in [0.25, 0.3) is 0 Å². The van der Waals surface area contributed by atoms with Crippen LogP contribution < -0.4 is 10.6 Å². The van der Waals surface area contributed by atoms with E-state index in [1.165, 1.54) is 23.1 Å². The summed E-state index contributed by atoms with van der Waals surface area (Å²) >= 11 is 8.76. The summed E-state index contributed by atoms with van der Waals surface area (Å²) in [7, 11) is 0. The van der Waals surface area contributed by atoms with E-state index in [-0.39, 0.29) is 28.8 Å². The van der Waals surface area contributed by atoms with Gasteiger partial charge in [-0.15, -0.1) is 23.1 Å². The molecule has 212 valence electrons. The maximum Gasteiger partial charge on any atom is 0.353 e. The Kier molecular flexibility index (Phi) is 7.76. The van der Waals surface area contributed by atoms with Gasteiger partial charge in [-0.25, -0.2) is 9.78 Å². The van der Waals surface area contributed by atoms with Crippen LogP contribution in [0.3, 0.4) is 0 Å². The van der Waals surface area contributed by atoms with Crippen LogP contribution in [0, 0.1) is 0 Å². The van der Waals surface area contributed by atoms with Crippen molar-refractivity contribution in [1.82, 2.24) is 15.2 Å². The predicted octanol–water partition coefficient (Wildman–Crippen LogP) is 5.02. The highest BCUT2D eigenvalue weighted by Gasteiger charge is 2.54. The first-order chi connectivity index (χ1) is 20.4. The first kappa shape index (κ1) is 28.0. The van der Waals surface area contributed by atoms with Crippen LogP contribution in [0.15, 0.2) is 107 Å². The highest BCUT2D eigenvalue weighted by atomic mass is 35.5. The lowest BCUT2D eigenvalue weighted by atomic mass is 9.77. The van der Waals surface area contributed by atoms with Gasteiger partial charge in [0.2, 0.25) is 5.91 Å². The molecule has 4 aromatic rings. The molecular formula is C31H25ClN4O4S2. The highest BCUT2D eigenvalue weighted by Crippen LogP contribution is 2.42. The average Bonchev–Trinajstić information content (AvgIpc) is 3.46. The lowest BCUT2D eigenvalue weighted by Gasteiger charge is -2.48. The molecule has 0 unspecified atom stereocenters. The number of hydrogen-bond acceptors (Lipinski definition) is 7. The van der Waals surface area contributed by atoms with Gasteiger partial charge in [0.05, 0.1) is 17.1 Å². The van der Waals surface area contributed by atoms with E-state index < -0.39 is 28.8 Å². The lowest BCUT2D eigenvalue weighted by Crippen LogP contribution is -2.70. The number of carbonyl (C=O) groups is 3. The number of halogens is 1. The standard InChI is InChI=1S/C31H25ClN4O4S2/c32-23-18-41-28-25(27(38)36(28)26(23)29(39)40)34-24(37)16-22-17-42-30(33-22)35-31(19-10-4-1-5-11-19,20-12-6-2-7-13-20)21-14-8-3-9-15-21/h1-15,17,25,28H,16,18H2,(H,33,35)(H,34,37)(H,39,40)/t25-,28-/m1/s1. The number of β-lactam (4-membered cyclic amide) rings is 1. The molecule has 2 atom stereocenters. The molecule has 8 nitrogen and oxygen atoms in total. The van der Waals surface area contributed by atoms with Crippen molar-refractivity contribution >= 4 is 57.6 Å². The summed E-state index contributed by atoms with van der Waals surface area (Å²) in [5.74, 6) is -1.86. The number of fused-ring (bicyclic) bond motifs is 1. The molecule has 3 heterocycles. The van der Waals surface area contributed by atoms with E-state index in [9.17, 15) is 19.5 Å². The number of carboxylic acids is 1. The van der Waals surface area contributed by atoms with Crippen LogP contribution in [0.2, 0.25) is 0 Å². The molecule has 0 radical (unpaired) electrons. The van der Waals surface area contributed by atoms with Crippen LogP contribution >= 0.6 is 34.7 Å². The molecular weight excluding hydrogens is 592 g/mol. The Labute approximate surface area is 255 Å². The number of benzene rings is 3. The number of hydrogen-bond donors (Lipinski definition) is 3. The molecule has 1 saturated heterocycles. The van der Waals surface area contributed by atoms with Gasteiger partial charge in [0.25, 0.3) is 5.91 Å². The minimum atomic E-state index is -1.26. The third kappa shape index (κ3) is 5.06. The number of carboxylic acid groups (broad SMARTS) is 1. The second kappa shape index (κ2) is 11.6. The van der Waals surface area contributed by atoms with Crippen molar-refractivity contribution in [2.75, 3.05) is 11.1 Å². The van der Waals surface area contributed by atoms with Gasteiger partial charge in [-0.1, -0.05) is 103 Å². The van der Waals surface area contributed by atoms with E-state index in [4.69, 9.17) is 16.6 Å². The van der Waals surface area contributed by atoms with Gasteiger partial charge in [0.15, 0.2) is 5.13 Å². The van der Waals surface area contributed by atoms with Gasteiger partial charge < -0.3 is 15.7 Å². The van der Waals surface area contributed by atoms with E-state index in [1.807, 2.05) is 60.0 Å². The van der Waals surface area contributed by atoms with Crippen molar-refractivity contribution in [3.05, 3.63) is 129 Å². The van der Waals surface area contributed by atoms with Crippen LogP contribution in [-0.2, 0) is 26.3 Å². The topological polar surface area (TPSA) is 112 Å². The number of rotatable bonds is 9. The molecule has 42 heavy (non-hydrogen) atoms. The zero-order chi connectivity index (χ0) is 29.3. The molecule has 3 N–H and O–H groups in total. The molecule has 0 aliphatic carbocycles. The minimum Gasteiger partial charge on any atom is -0.477 e. The summed E-state index contributed by atoms with van der Waals surface area (Å²) in [5.41, 5.74) is 2.68. The van der Waals surface area contributed by atoms with Crippen LogP contribution in [-0.4, -0.2) is 49.9 Å². The van der Waals surface area contributed by atoms with E-state index >= 15 is 0 Å². The number of carbonyl (C=O) groups excluding carboxylic acids is 2. The van der Waals surface area contributed by atoms with Crippen LogP contribution in [0.1, 0.15) is 22.4 Å². The zero-order valence-corrected chi connectivity index (χ0v) is 24.5. The van der Waals surface area contributed by atoms with Gasteiger partial charge >= 0.3 is 5.97 Å². The van der Waals surface area contributed by atoms with Crippen molar-refractivity contribution in [2.24, 2.45) is 0 Å². The number of nitrogens with zero attached hydrogens (tertiary/aromatic N) is 2. The largest absolute Gasteiger partial charge is 0.477 e. The normalized spacial score (nSPS) is 18.2. The van der Waals surface area contributed by atoms with Crippen molar-refractivity contribution in [3.8, 4) is 0 Å². The summed E-state index contributed by atoms with van der Waals surface area (Å²) in [6.07, 6.45) is -0.0310. The molecule has 0 bridgehead atoms. The van der Waals surface area contributed by atoms with Crippen molar-refractivity contribution in [3.63, 3.8) is 0 Å². The maximum atomic E-state index is 13.0. The Morgan fingerprint density at radius 2 is 1.50 bits per heavy atom. The van der Waals surface area contributed by atoms with Gasteiger partial charge in [-0.3, -0.25) is 14.5 Å². The lowest BCUT2D eigenvalue weighted by molar-refractivity contribution is -0.150. The minimum absolute atomic E-state index is 0.0310. The zero-order valence-electron chi connectivity index (χ0n) is 22.1. The number of aliphatic carboxylic acids is 1. The van der Waals surface area contributed by atoms with Gasteiger partial charge in [0.1, 0.15) is 22.7 Å². The quantitative estimate of drug-likeness (QED) is 0.179. The van der Waals surface area contributed by atoms with Gasteiger partial charge in [0, 0.05) is 11.1 Å². The summed E-state index contributed by atoms with van der Waals surface area (Å²) in [4.78, 5) is 43.2. The van der Waals surface area contributed by atoms with Gasteiger partial charge in [-0.2, -0.15) is 0 Å². The second-order valence-electron chi connectivity index (χ2n) is 9.81. The number of aromatic nitrogens is 1. The number of anilines is 1. The molecule has 6 rings (SSSR count). The molecule has 2 aliphatic rings. The second-order valence-corrected chi connectivity index (χ2v) is 12.2.